The summed E-state index contributed by atoms with van der Waals surface area (Å²) in [5, 5.41) is 3.01. The Hall–Kier alpha value is -1.20. The molecule has 1 atom stereocenters. The van der Waals surface area contributed by atoms with Crippen molar-refractivity contribution in [1.82, 2.24) is 10.2 Å². The van der Waals surface area contributed by atoms with Gasteiger partial charge in [-0.15, -0.1) is 11.8 Å². The molecular weight excluding hydrogens is 284 g/mol. The zero-order valence-electron chi connectivity index (χ0n) is 12.6. The van der Waals surface area contributed by atoms with Crippen molar-refractivity contribution < 1.29 is 9.53 Å². The van der Waals surface area contributed by atoms with E-state index in [0.717, 1.165) is 31.7 Å². The molecule has 0 saturated carbocycles. The lowest BCUT2D eigenvalue weighted by molar-refractivity contribution is 0.142. The zero-order chi connectivity index (χ0) is 14.9. The third-order valence-corrected chi connectivity index (χ3v) is 4.66. The van der Waals surface area contributed by atoms with Crippen LogP contribution in [-0.4, -0.2) is 49.0 Å². The number of carbonyl (C=O) groups excluding carboxylic acids is 1. The number of benzene rings is 1. The van der Waals surface area contributed by atoms with E-state index in [1.165, 1.54) is 4.90 Å². The normalized spacial score (nSPS) is 19.1. The Morgan fingerprint density at radius 1 is 1.38 bits per heavy atom. The van der Waals surface area contributed by atoms with Crippen LogP contribution in [-0.2, 0) is 4.74 Å². The molecule has 1 heterocycles. The van der Waals surface area contributed by atoms with E-state index in [4.69, 9.17) is 4.74 Å². The molecule has 1 aliphatic heterocycles. The number of carbonyl (C=O) groups is 1. The Kier molecular flexibility index (Phi) is 6.89. The number of hydrogen-bond donors (Lipinski definition) is 1. The molecule has 116 valence electrons. The summed E-state index contributed by atoms with van der Waals surface area (Å²) < 4.78 is 5.41. The minimum absolute atomic E-state index is 0.0395. The lowest BCUT2D eigenvalue weighted by Gasteiger charge is -2.26. The Bertz CT molecular complexity index is 428. The molecule has 2 amide bonds. The number of amides is 2. The average molecular weight is 308 g/mol. The largest absolute Gasteiger partial charge is 0.380 e. The summed E-state index contributed by atoms with van der Waals surface area (Å²) in [6.07, 6.45) is 1.89. The molecule has 5 heteroatoms. The van der Waals surface area contributed by atoms with Crippen LogP contribution in [0.2, 0.25) is 0 Å². The standard InChI is InChI=1S/C16H24N2O2S/c1-14-8-11-20-12-10-18(14)16(19)17-9-5-13-21-15-6-3-2-4-7-15/h2-4,6-7,14H,5,8-13H2,1H3,(H,17,19)/t14-/m0/s1. The molecule has 0 bridgehead atoms. The Morgan fingerprint density at radius 3 is 3.00 bits per heavy atom. The molecule has 4 nitrogen and oxygen atoms in total. The van der Waals surface area contributed by atoms with Gasteiger partial charge in [0.2, 0.25) is 0 Å². The van der Waals surface area contributed by atoms with E-state index in [1.807, 2.05) is 34.9 Å². The van der Waals surface area contributed by atoms with E-state index in [0.29, 0.717) is 13.2 Å². The van der Waals surface area contributed by atoms with Gasteiger partial charge in [0.05, 0.1) is 6.61 Å². The van der Waals surface area contributed by atoms with E-state index in [1.54, 1.807) is 0 Å². The highest BCUT2D eigenvalue weighted by Crippen LogP contribution is 2.17. The second-order valence-electron chi connectivity index (χ2n) is 5.19. The molecule has 0 aliphatic carbocycles. The first-order chi connectivity index (χ1) is 10.3. The summed E-state index contributed by atoms with van der Waals surface area (Å²) in [5.74, 6) is 1.02. The van der Waals surface area contributed by atoms with Gasteiger partial charge in [-0.3, -0.25) is 0 Å². The molecule has 2 rings (SSSR count). The lowest BCUT2D eigenvalue weighted by atomic mass is 10.2. The van der Waals surface area contributed by atoms with Gasteiger partial charge in [0.1, 0.15) is 0 Å². The molecular formula is C16H24N2O2S. The van der Waals surface area contributed by atoms with E-state index in [9.17, 15) is 4.79 Å². The SMILES string of the molecule is C[C@H]1CCOCCN1C(=O)NCCCSc1ccccc1. The van der Waals surface area contributed by atoms with Gasteiger partial charge in [0.15, 0.2) is 0 Å². The number of nitrogens with zero attached hydrogens (tertiary/aromatic N) is 1. The predicted molar refractivity (Wildman–Crippen MR) is 86.8 cm³/mol. The van der Waals surface area contributed by atoms with Gasteiger partial charge < -0.3 is 15.0 Å². The molecule has 1 fully saturated rings. The Morgan fingerprint density at radius 2 is 2.19 bits per heavy atom. The number of thioether (sulfide) groups is 1. The first-order valence-electron chi connectivity index (χ1n) is 7.57. The zero-order valence-corrected chi connectivity index (χ0v) is 13.4. The van der Waals surface area contributed by atoms with Crippen LogP contribution in [0.4, 0.5) is 4.79 Å². The van der Waals surface area contributed by atoms with Crippen molar-refractivity contribution in [3.8, 4) is 0 Å². The van der Waals surface area contributed by atoms with E-state index in [2.05, 4.69) is 24.4 Å². The van der Waals surface area contributed by atoms with E-state index in [-0.39, 0.29) is 12.1 Å². The van der Waals surface area contributed by atoms with Crippen molar-refractivity contribution in [2.75, 3.05) is 32.1 Å². The summed E-state index contributed by atoms with van der Waals surface area (Å²) in [6.45, 7) is 4.88. The third kappa shape index (κ3) is 5.59. The van der Waals surface area contributed by atoms with Crippen LogP contribution in [0.1, 0.15) is 19.8 Å². The first kappa shape index (κ1) is 16.2. The molecule has 0 spiro atoms. The number of nitrogens with one attached hydrogen (secondary N) is 1. The molecule has 1 aliphatic rings. The first-order valence-corrected chi connectivity index (χ1v) is 8.56. The number of rotatable bonds is 5. The maximum Gasteiger partial charge on any atom is 0.317 e. The molecule has 1 aromatic rings. The summed E-state index contributed by atoms with van der Waals surface area (Å²) >= 11 is 1.83. The highest BCUT2D eigenvalue weighted by Gasteiger charge is 2.21. The van der Waals surface area contributed by atoms with E-state index < -0.39 is 0 Å². The van der Waals surface area contributed by atoms with Crippen LogP contribution < -0.4 is 5.32 Å². The summed E-state index contributed by atoms with van der Waals surface area (Å²) in [4.78, 5) is 15.3. The molecule has 21 heavy (non-hydrogen) atoms. The van der Waals surface area contributed by atoms with Crippen molar-refractivity contribution in [2.24, 2.45) is 0 Å². The second kappa shape index (κ2) is 8.95. The molecule has 1 N–H and O–H groups in total. The summed E-state index contributed by atoms with van der Waals surface area (Å²) in [5.41, 5.74) is 0. The number of hydrogen-bond acceptors (Lipinski definition) is 3. The van der Waals surface area contributed by atoms with Crippen LogP contribution in [0.3, 0.4) is 0 Å². The quantitative estimate of drug-likeness (QED) is 0.671. The maximum atomic E-state index is 12.1. The van der Waals surface area contributed by atoms with Gasteiger partial charge in [-0.1, -0.05) is 18.2 Å². The monoisotopic (exact) mass is 308 g/mol. The third-order valence-electron chi connectivity index (χ3n) is 3.56. The van der Waals surface area contributed by atoms with Crippen LogP contribution in [0.25, 0.3) is 0 Å². The van der Waals surface area contributed by atoms with Crippen molar-refractivity contribution in [3.05, 3.63) is 30.3 Å². The van der Waals surface area contributed by atoms with Gasteiger partial charge >= 0.3 is 6.03 Å². The topological polar surface area (TPSA) is 41.6 Å². The molecule has 0 unspecified atom stereocenters. The van der Waals surface area contributed by atoms with Crippen molar-refractivity contribution in [1.29, 1.82) is 0 Å². The van der Waals surface area contributed by atoms with Gasteiger partial charge in [-0.2, -0.15) is 0 Å². The summed E-state index contributed by atoms with van der Waals surface area (Å²) in [6, 6.07) is 10.6. The predicted octanol–water partition coefficient (Wildman–Crippen LogP) is 2.99. The van der Waals surface area contributed by atoms with Gasteiger partial charge in [-0.25, -0.2) is 4.79 Å². The average Bonchev–Trinajstić information content (AvgIpc) is 2.72. The van der Waals surface area contributed by atoms with Crippen molar-refractivity contribution in [3.63, 3.8) is 0 Å². The van der Waals surface area contributed by atoms with Crippen LogP contribution in [0, 0.1) is 0 Å². The fourth-order valence-electron chi connectivity index (χ4n) is 2.27. The van der Waals surface area contributed by atoms with Crippen LogP contribution >= 0.6 is 11.8 Å². The van der Waals surface area contributed by atoms with E-state index >= 15 is 0 Å². The highest BCUT2D eigenvalue weighted by atomic mass is 32.2. The minimum Gasteiger partial charge on any atom is -0.380 e. The van der Waals surface area contributed by atoms with Gasteiger partial charge in [0, 0.05) is 30.6 Å². The fourth-order valence-corrected chi connectivity index (χ4v) is 3.15. The Labute approximate surface area is 131 Å². The molecule has 1 saturated heterocycles. The smallest absolute Gasteiger partial charge is 0.317 e. The minimum atomic E-state index is 0.0395. The van der Waals surface area contributed by atoms with Crippen LogP contribution in [0.5, 0.6) is 0 Å². The van der Waals surface area contributed by atoms with Gasteiger partial charge in [-0.05, 0) is 37.7 Å². The molecule has 0 radical (unpaired) electrons. The molecule has 0 aromatic heterocycles. The maximum absolute atomic E-state index is 12.1. The number of ether oxygens (including phenoxy) is 1. The molecule has 1 aromatic carbocycles. The van der Waals surface area contributed by atoms with Gasteiger partial charge in [0.25, 0.3) is 0 Å². The van der Waals surface area contributed by atoms with Crippen molar-refractivity contribution in [2.45, 2.75) is 30.7 Å². The Balaban J connectivity index is 1.62. The highest BCUT2D eigenvalue weighted by molar-refractivity contribution is 7.99. The van der Waals surface area contributed by atoms with Crippen LogP contribution in [0.15, 0.2) is 35.2 Å². The van der Waals surface area contributed by atoms with Crippen molar-refractivity contribution >= 4 is 17.8 Å². The lowest BCUT2D eigenvalue weighted by Crippen LogP contribution is -2.45. The fraction of sp³-hybridized carbons (Fsp3) is 0.562. The number of urea groups is 1. The second-order valence-corrected chi connectivity index (χ2v) is 6.36. The summed E-state index contributed by atoms with van der Waals surface area (Å²) in [7, 11) is 0.